The predicted octanol–water partition coefficient (Wildman–Crippen LogP) is 4.09. The SMILES string of the molecule is C/C=C(/c1ccccc1C)N(C)C(C)CC. The summed E-state index contributed by atoms with van der Waals surface area (Å²) >= 11 is 0. The average molecular weight is 217 g/mol. The van der Waals surface area contributed by atoms with E-state index in [1.165, 1.54) is 23.2 Å². The summed E-state index contributed by atoms with van der Waals surface area (Å²) in [5, 5.41) is 0. The summed E-state index contributed by atoms with van der Waals surface area (Å²) in [7, 11) is 2.18. The van der Waals surface area contributed by atoms with E-state index in [0.29, 0.717) is 6.04 Å². The lowest BCUT2D eigenvalue weighted by Crippen LogP contribution is -2.27. The topological polar surface area (TPSA) is 3.24 Å². The van der Waals surface area contributed by atoms with Crippen molar-refractivity contribution in [2.24, 2.45) is 0 Å². The number of aryl methyl sites for hydroxylation is 1. The molecule has 0 saturated heterocycles. The highest BCUT2D eigenvalue weighted by atomic mass is 15.1. The Balaban J connectivity index is 3.05. The lowest BCUT2D eigenvalue weighted by atomic mass is 10.0. The van der Waals surface area contributed by atoms with Gasteiger partial charge in [0.25, 0.3) is 0 Å². The fourth-order valence-electron chi connectivity index (χ4n) is 1.92. The van der Waals surface area contributed by atoms with Crippen molar-refractivity contribution in [1.82, 2.24) is 4.90 Å². The normalized spacial score (nSPS) is 13.7. The zero-order valence-corrected chi connectivity index (χ0v) is 11.1. The molecule has 0 saturated carbocycles. The second-order valence-corrected chi connectivity index (χ2v) is 4.36. The Kier molecular flexibility index (Phi) is 4.60. The first-order valence-corrected chi connectivity index (χ1v) is 6.07. The van der Waals surface area contributed by atoms with Crippen molar-refractivity contribution in [2.75, 3.05) is 7.05 Å². The van der Waals surface area contributed by atoms with Gasteiger partial charge in [0.2, 0.25) is 0 Å². The summed E-state index contributed by atoms with van der Waals surface area (Å²) in [5.74, 6) is 0. The Bertz CT molecular complexity index is 365. The lowest BCUT2D eigenvalue weighted by molar-refractivity contribution is 0.361. The second kappa shape index (κ2) is 5.74. The maximum Gasteiger partial charge on any atom is 0.0398 e. The molecule has 0 aliphatic rings. The zero-order valence-electron chi connectivity index (χ0n) is 11.1. The Hall–Kier alpha value is -1.24. The molecular formula is C15H23N. The van der Waals surface area contributed by atoms with Gasteiger partial charge >= 0.3 is 0 Å². The highest BCUT2D eigenvalue weighted by Crippen LogP contribution is 2.23. The van der Waals surface area contributed by atoms with Gasteiger partial charge in [-0.25, -0.2) is 0 Å². The monoisotopic (exact) mass is 217 g/mol. The van der Waals surface area contributed by atoms with E-state index in [4.69, 9.17) is 0 Å². The molecule has 1 aromatic carbocycles. The van der Waals surface area contributed by atoms with E-state index >= 15 is 0 Å². The third-order valence-corrected chi connectivity index (χ3v) is 3.33. The highest BCUT2D eigenvalue weighted by molar-refractivity contribution is 5.66. The largest absolute Gasteiger partial charge is 0.372 e. The smallest absolute Gasteiger partial charge is 0.0398 e. The maximum atomic E-state index is 2.36. The minimum atomic E-state index is 0.575. The van der Waals surface area contributed by atoms with Crippen molar-refractivity contribution in [3.8, 4) is 0 Å². The van der Waals surface area contributed by atoms with Gasteiger partial charge < -0.3 is 4.90 Å². The first-order valence-electron chi connectivity index (χ1n) is 6.07. The Morgan fingerprint density at radius 3 is 2.50 bits per heavy atom. The molecule has 0 aliphatic carbocycles. The molecule has 88 valence electrons. The van der Waals surface area contributed by atoms with Crippen LogP contribution in [0.3, 0.4) is 0 Å². The number of hydrogen-bond donors (Lipinski definition) is 0. The summed E-state index contributed by atoms with van der Waals surface area (Å²) in [5.41, 5.74) is 4.01. The molecule has 0 N–H and O–H groups in total. The van der Waals surface area contributed by atoms with Crippen molar-refractivity contribution in [3.05, 3.63) is 41.5 Å². The minimum absolute atomic E-state index is 0.575. The van der Waals surface area contributed by atoms with Crippen LogP contribution in [0.4, 0.5) is 0 Å². The molecule has 1 heteroatoms. The molecule has 16 heavy (non-hydrogen) atoms. The fourth-order valence-corrected chi connectivity index (χ4v) is 1.92. The molecule has 1 nitrogen and oxygen atoms in total. The van der Waals surface area contributed by atoms with Crippen molar-refractivity contribution < 1.29 is 0 Å². The van der Waals surface area contributed by atoms with Crippen LogP contribution in [-0.4, -0.2) is 18.0 Å². The van der Waals surface area contributed by atoms with Gasteiger partial charge in [0.1, 0.15) is 0 Å². The van der Waals surface area contributed by atoms with Crippen molar-refractivity contribution in [2.45, 2.75) is 40.2 Å². The molecule has 0 aliphatic heterocycles. The van der Waals surface area contributed by atoms with Gasteiger partial charge in [-0.2, -0.15) is 0 Å². The van der Waals surface area contributed by atoms with Gasteiger partial charge in [-0.05, 0) is 32.8 Å². The molecule has 1 aromatic rings. The Morgan fingerprint density at radius 1 is 1.38 bits per heavy atom. The van der Waals surface area contributed by atoms with Gasteiger partial charge in [0.05, 0.1) is 0 Å². The highest BCUT2D eigenvalue weighted by Gasteiger charge is 2.12. The average Bonchev–Trinajstić information content (AvgIpc) is 2.31. The van der Waals surface area contributed by atoms with E-state index in [0.717, 1.165) is 0 Å². The van der Waals surface area contributed by atoms with Gasteiger partial charge in [0, 0.05) is 24.4 Å². The van der Waals surface area contributed by atoms with Crippen LogP contribution in [0, 0.1) is 6.92 Å². The number of allylic oxidation sites excluding steroid dienone is 1. The standard InChI is InChI=1S/C15H23N/c1-6-13(4)16(5)15(7-2)14-11-9-8-10-12(14)3/h7-11,13H,6H2,1-5H3/b15-7-. The van der Waals surface area contributed by atoms with E-state index in [2.05, 4.69) is 70.0 Å². The molecule has 1 rings (SSSR count). The van der Waals surface area contributed by atoms with Crippen LogP contribution >= 0.6 is 0 Å². The minimum Gasteiger partial charge on any atom is -0.372 e. The molecule has 0 radical (unpaired) electrons. The molecule has 0 spiro atoms. The summed E-state index contributed by atoms with van der Waals surface area (Å²) in [6.07, 6.45) is 3.37. The van der Waals surface area contributed by atoms with E-state index < -0.39 is 0 Å². The molecule has 0 amide bonds. The van der Waals surface area contributed by atoms with E-state index in [-0.39, 0.29) is 0 Å². The third kappa shape index (κ3) is 2.66. The molecule has 0 heterocycles. The van der Waals surface area contributed by atoms with Gasteiger partial charge in [0.15, 0.2) is 0 Å². The Labute approximate surface area is 99.8 Å². The molecule has 0 aromatic heterocycles. The first-order chi connectivity index (χ1) is 7.61. The van der Waals surface area contributed by atoms with Crippen molar-refractivity contribution >= 4 is 5.70 Å². The van der Waals surface area contributed by atoms with Crippen LogP contribution in [0.25, 0.3) is 5.70 Å². The van der Waals surface area contributed by atoms with Gasteiger partial charge in [-0.3, -0.25) is 0 Å². The predicted molar refractivity (Wildman–Crippen MR) is 72.3 cm³/mol. The van der Waals surface area contributed by atoms with Crippen LogP contribution in [0.5, 0.6) is 0 Å². The summed E-state index contributed by atoms with van der Waals surface area (Å²) in [6.45, 7) is 8.78. The number of nitrogens with zero attached hydrogens (tertiary/aromatic N) is 1. The number of benzene rings is 1. The molecular weight excluding hydrogens is 194 g/mol. The quantitative estimate of drug-likeness (QED) is 0.734. The maximum absolute atomic E-state index is 2.36. The summed E-state index contributed by atoms with van der Waals surface area (Å²) in [4.78, 5) is 2.36. The lowest BCUT2D eigenvalue weighted by Gasteiger charge is -2.29. The van der Waals surface area contributed by atoms with Crippen LogP contribution in [0.2, 0.25) is 0 Å². The van der Waals surface area contributed by atoms with Crippen LogP contribution in [0.15, 0.2) is 30.3 Å². The van der Waals surface area contributed by atoms with Crippen LogP contribution in [-0.2, 0) is 0 Å². The van der Waals surface area contributed by atoms with E-state index in [9.17, 15) is 0 Å². The summed E-state index contributed by atoms with van der Waals surface area (Å²) < 4.78 is 0. The van der Waals surface area contributed by atoms with E-state index in [1.54, 1.807) is 0 Å². The van der Waals surface area contributed by atoms with Gasteiger partial charge in [-0.1, -0.05) is 37.3 Å². The van der Waals surface area contributed by atoms with E-state index in [1.807, 2.05) is 0 Å². The molecule has 0 bridgehead atoms. The summed E-state index contributed by atoms with van der Waals surface area (Å²) in [6, 6.07) is 9.14. The first kappa shape index (κ1) is 12.8. The van der Waals surface area contributed by atoms with Crippen LogP contribution < -0.4 is 0 Å². The number of rotatable bonds is 4. The van der Waals surface area contributed by atoms with Gasteiger partial charge in [-0.15, -0.1) is 0 Å². The molecule has 0 fully saturated rings. The second-order valence-electron chi connectivity index (χ2n) is 4.36. The molecule has 1 unspecified atom stereocenters. The van der Waals surface area contributed by atoms with Crippen molar-refractivity contribution in [1.29, 1.82) is 0 Å². The third-order valence-electron chi connectivity index (χ3n) is 3.33. The number of hydrogen-bond acceptors (Lipinski definition) is 1. The van der Waals surface area contributed by atoms with Crippen LogP contribution in [0.1, 0.15) is 38.3 Å². The van der Waals surface area contributed by atoms with Crippen molar-refractivity contribution in [3.63, 3.8) is 0 Å². The molecule has 1 atom stereocenters. The Morgan fingerprint density at radius 2 is 2.00 bits per heavy atom. The fraction of sp³-hybridized carbons (Fsp3) is 0.467. The zero-order chi connectivity index (χ0) is 12.1.